The van der Waals surface area contributed by atoms with Crippen molar-refractivity contribution in [1.29, 1.82) is 0 Å². The lowest BCUT2D eigenvalue weighted by molar-refractivity contribution is -0.0601. The summed E-state index contributed by atoms with van der Waals surface area (Å²) in [6.45, 7) is 4.87. The lowest BCUT2D eigenvalue weighted by Gasteiger charge is -2.40. The number of nitrogens with zero attached hydrogens (tertiary/aromatic N) is 2. The number of nitrogens with one attached hydrogen (secondary N) is 1. The molecule has 0 amide bonds. The summed E-state index contributed by atoms with van der Waals surface area (Å²) in [5.41, 5.74) is 1.12. The number of aryl methyl sites for hydroxylation is 2. The maximum atomic E-state index is 5.58. The van der Waals surface area contributed by atoms with E-state index in [-0.39, 0.29) is 5.60 Å². The molecule has 0 aromatic carbocycles. The van der Waals surface area contributed by atoms with Gasteiger partial charge in [-0.25, -0.2) is 9.97 Å². The average Bonchev–Trinajstić information content (AvgIpc) is 2.27. The maximum absolute atomic E-state index is 5.58. The first kappa shape index (κ1) is 12.3. The Morgan fingerprint density at radius 1 is 1.41 bits per heavy atom. The molecule has 1 N–H and O–H groups in total. The van der Waals surface area contributed by atoms with Crippen LogP contribution < -0.4 is 5.32 Å². The van der Waals surface area contributed by atoms with Crippen LogP contribution in [0.3, 0.4) is 0 Å². The van der Waals surface area contributed by atoms with Crippen molar-refractivity contribution in [3.05, 3.63) is 17.6 Å². The zero-order valence-electron chi connectivity index (χ0n) is 10.9. The van der Waals surface area contributed by atoms with Crippen LogP contribution in [0.15, 0.2) is 6.07 Å². The van der Waals surface area contributed by atoms with Crippen LogP contribution in [0.25, 0.3) is 0 Å². The number of methoxy groups -OCH3 is 1. The molecule has 0 atom stereocenters. The summed E-state index contributed by atoms with van der Waals surface area (Å²) in [7, 11) is 1.80. The van der Waals surface area contributed by atoms with Crippen molar-refractivity contribution in [2.45, 2.75) is 45.1 Å². The molecular formula is C13H21N3O. The molecule has 94 valence electrons. The van der Waals surface area contributed by atoms with Crippen molar-refractivity contribution in [1.82, 2.24) is 9.97 Å². The summed E-state index contributed by atoms with van der Waals surface area (Å²) in [5.74, 6) is 1.74. The number of aromatic nitrogens is 2. The maximum Gasteiger partial charge on any atom is 0.130 e. The second-order valence-electron chi connectivity index (χ2n) is 4.74. The van der Waals surface area contributed by atoms with Gasteiger partial charge < -0.3 is 10.1 Å². The standard InChI is InChI=1S/C13H21N3O/c1-4-11-8-12(16-10(2)15-11)14-9-13(17-3)6-5-7-13/h8H,4-7,9H2,1-3H3,(H,14,15,16). The van der Waals surface area contributed by atoms with Crippen LogP contribution in [0.5, 0.6) is 0 Å². The smallest absolute Gasteiger partial charge is 0.130 e. The van der Waals surface area contributed by atoms with Gasteiger partial charge in [-0.05, 0) is 32.6 Å². The third-order valence-corrected chi connectivity index (χ3v) is 3.54. The summed E-state index contributed by atoms with van der Waals surface area (Å²) in [6.07, 6.45) is 4.48. The molecule has 1 saturated carbocycles. The highest BCUT2D eigenvalue weighted by Gasteiger charge is 2.36. The summed E-state index contributed by atoms with van der Waals surface area (Å²) in [5, 5.41) is 3.38. The van der Waals surface area contributed by atoms with E-state index in [1.165, 1.54) is 6.42 Å². The van der Waals surface area contributed by atoms with E-state index in [0.717, 1.165) is 43.1 Å². The predicted molar refractivity (Wildman–Crippen MR) is 68.2 cm³/mol. The third-order valence-electron chi connectivity index (χ3n) is 3.54. The van der Waals surface area contributed by atoms with Crippen molar-refractivity contribution in [3.8, 4) is 0 Å². The Morgan fingerprint density at radius 3 is 2.71 bits per heavy atom. The molecule has 4 heteroatoms. The zero-order chi connectivity index (χ0) is 12.3. The summed E-state index contributed by atoms with van der Waals surface area (Å²) < 4.78 is 5.58. The lowest BCUT2D eigenvalue weighted by atomic mass is 9.80. The van der Waals surface area contributed by atoms with Gasteiger partial charge in [0.2, 0.25) is 0 Å². The lowest BCUT2D eigenvalue weighted by Crippen LogP contribution is -2.45. The SMILES string of the molecule is CCc1cc(NCC2(OC)CCC2)nc(C)n1. The van der Waals surface area contributed by atoms with E-state index in [2.05, 4.69) is 22.2 Å². The largest absolute Gasteiger partial charge is 0.376 e. The van der Waals surface area contributed by atoms with Gasteiger partial charge in [-0.3, -0.25) is 0 Å². The molecular weight excluding hydrogens is 214 g/mol. The van der Waals surface area contributed by atoms with E-state index in [1.807, 2.05) is 13.0 Å². The molecule has 1 fully saturated rings. The first-order chi connectivity index (χ1) is 8.17. The van der Waals surface area contributed by atoms with Gasteiger partial charge >= 0.3 is 0 Å². The Kier molecular flexibility index (Phi) is 3.62. The van der Waals surface area contributed by atoms with Crippen molar-refractivity contribution in [2.24, 2.45) is 0 Å². The highest BCUT2D eigenvalue weighted by Crippen LogP contribution is 2.34. The number of rotatable bonds is 5. The second kappa shape index (κ2) is 5.00. The molecule has 0 spiro atoms. The van der Waals surface area contributed by atoms with E-state index in [4.69, 9.17) is 4.74 Å². The summed E-state index contributed by atoms with van der Waals surface area (Å²) >= 11 is 0. The molecule has 1 aliphatic rings. The van der Waals surface area contributed by atoms with Gasteiger partial charge in [-0.15, -0.1) is 0 Å². The summed E-state index contributed by atoms with van der Waals surface area (Å²) in [6, 6.07) is 2.02. The van der Waals surface area contributed by atoms with E-state index >= 15 is 0 Å². The van der Waals surface area contributed by atoms with E-state index in [0.29, 0.717) is 0 Å². The quantitative estimate of drug-likeness (QED) is 0.851. The van der Waals surface area contributed by atoms with Gasteiger partial charge in [-0.2, -0.15) is 0 Å². The molecule has 0 unspecified atom stereocenters. The third kappa shape index (κ3) is 2.75. The molecule has 2 rings (SSSR count). The predicted octanol–water partition coefficient (Wildman–Crippen LogP) is 2.33. The van der Waals surface area contributed by atoms with Crippen LogP contribution in [0.2, 0.25) is 0 Å². The number of anilines is 1. The Hall–Kier alpha value is -1.16. The fourth-order valence-corrected chi connectivity index (χ4v) is 2.18. The van der Waals surface area contributed by atoms with Crippen molar-refractivity contribution < 1.29 is 4.74 Å². The molecule has 1 aliphatic carbocycles. The normalized spacial score (nSPS) is 17.6. The molecule has 0 radical (unpaired) electrons. The zero-order valence-corrected chi connectivity index (χ0v) is 10.9. The minimum Gasteiger partial charge on any atom is -0.376 e. The first-order valence-corrected chi connectivity index (χ1v) is 6.31. The van der Waals surface area contributed by atoms with Gasteiger partial charge in [0.05, 0.1) is 5.60 Å². The number of hydrogen-bond acceptors (Lipinski definition) is 4. The molecule has 1 aromatic rings. The average molecular weight is 235 g/mol. The van der Waals surface area contributed by atoms with Gasteiger partial charge in [0, 0.05) is 25.4 Å². The van der Waals surface area contributed by atoms with Gasteiger partial charge in [0.15, 0.2) is 0 Å². The topological polar surface area (TPSA) is 47.0 Å². The highest BCUT2D eigenvalue weighted by molar-refractivity contribution is 5.36. The Balaban J connectivity index is 2.01. The fourth-order valence-electron chi connectivity index (χ4n) is 2.18. The fraction of sp³-hybridized carbons (Fsp3) is 0.692. The molecule has 1 aromatic heterocycles. The minimum absolute atomic E-state index is 0.0330. The van der Waals surface area contributed by atoms with Gasteiger partial charge in [0.25, 0.3) is 0 Å². The Morgan fingerprint density at radius 2 is 2.18 bits per heavy atom. The highest BCUT2D eigenvalue weighted by atomic mass is 16.5. The van der Waals surface area contributed by atoms with E-state index < -0.39 is 0 Å². The number of hydrogen-bond donors (Lipinski definition) is 1. The second-order valence-corrected chi connectivity index (χ2v) is 4.74. The van der Waals surface area contributed by atoms with Crippen LogP contribution in [0, 0.1) is 6.92 Å². The molecule has 0 aliphatic heterocycles. The molecule has 17 heavy (non-hydrogen) atoms. The minimum atomic E-state index is 0.0330. The van der Waals surface area contributed by atoms with Crippen molar-refractivity contribution in [3.63, 3.8) is 0 Å². The van der Waals surface area contributed by atoms with E-state index in [9.17, 15) is 0 Å². The summed E-state index contributed by atoms with van der Waals surface area (Å²) in [4.78, 5) is 8.77. The molecule has 0 bridgehead atoms. The van der Waals surface area contributed by atoms with Crippen LogP contribution >= 0.6 is 0 Å². The molecule has 4 nitrogen and oxygen atoms in total. The molecule has 0 saturated heterocycles. The van der Waals surface area contributed by atoms with Crippen LogP contribution in [-0.4, -0.2) is 29.2 Å². The Labute approximate surface area is 103 Å². The first-order valence-electron chi connectivity index (χ1n) is 6.31. The monoisotopic (exact) mass is 235 g/mol. The number of ether oxygens (including phenoxy) is 1. The van der Waals surface area contributed by atoms with Crippen molar-refractivity contribution in [2.75, 3.05) is 19.0 Å². The van der Waals surface area contributed by atoms with Crippen molar-refractivity contribution >= 4 is 5.82 Å². The van der Waals surface area contributed by atoms with E-state index in [1.54, 1.807) is 7.11 Å². The van der Waals surface area contributed by atoms with Crippen LogP contribution in [0.1, 0.15) is 37.7 Å². The molecule has 1 heterocycles. The van der Waals surface area contributed by atoms with Gasteiger partial charge in [-0.1, -0.05) is 6.92 Å². The van der Waals surface area contributed by atoms with Crippen LogP contribution in [-0.2, 0) is 11.2 Å². The Bertz CT molecular complexity index is 383. The van der Waals surface area contributed by atoms with Crippen LogP contribution in [0.4, 0.5) is 5.82 Å². The van der Waals surface area contributed by atoms with Gasteiger partial charge in [0.1, 0.15) is 11.6 Å².